The number of nitrogens with one attached hydrogen (secondary N) is 1. The van der Waals surface area contributed by atoms with Crippen molar-refractivity contribution >= 4 is 11.8 Å². The normalized spacial score (nSPS) is 27.2. The molecule has 11 heteroatoms. The van der Waals surface area contributed by atoms with E-state index >= 15 is 0 Å². The summed E-state index contributed by atoms with van der Waals surface area (Å²) in [6, 6.07) is 8.39. The summed E-state index contributed by atoms with van der Waals surface area (Å²) in [5.41, 5.74) is -1.15. The van der Waals surface area contributed by atoms with Crippen LogP contribution >= 0.6 is 0 Å². The molecule has 0 spiro atoms. The molecular formula is C29H35F3N4O4. The molecule has 1 aliphatic carbocycles. The lowest BCUT2D eigenvalue weighted by Gasteiger charge is -2.47. The quantitative estimate of drug-likeness (QED) is 0.559. The van der Waals surface area contributed by atoms with Crippen LogP contribution in [0.1, 0.15) is 66.4 Å². The van der Waals surface area contributed by atoms with Gasteiger partial charge in [0.2, 0.25) is 11.8 Å². The van der Waals surface area contributed by atoms with E-state index < -0.39 is 23.2 Å². The van der Waals surface area contributed by atoms with Crippen molar-refractivity contribution < 1.29 is 32.6 Å². The minimum atomic E-state index is -4.55. The van der Waals surface area contributed by atoms with E-state index in [0.717, 1.165) is 56.3 Å². The monoisotopic (exact) mass is 560 g/mol. The van der Waals surface area contributed by atoms with E-state index in [1.165, 1.54) is 12.1 Å². The predicted octanol–water partition coefficient (Wildman–Crippen LogP) is 3.73. The maximum Gasteiger partial charge on any atom is 0.416 e. The number of nitrogens with zero attached hydrogens (tertiary/aromatic N) is 3. The van der Waals surface area contributed by atoms with Crippen LogP contribution in [0.3, 0.4) is 0 Å². The molecule has 1 saturated carbocycles. The minimum Gasteiger partial charge on any atom is -0.481 e. The lowest BCUT2D eigenvalue weighted by molar-refractivity contribution is -0.137. The van der Waals surface area contributed by atoms with E-state index in [1.54, 1.807) is 19.4 Å². The van der Waals surface area contributed by atoms with Crippen molar-refractivity contribution in [2.24, 2.45) is 0 Å². The fraction of sp³-hybridized carbons (Fsp3) is 0.552. The topological polar surface area (TPSA) is 95.0 Å². The number of aliphatic hydroxyl groups is 1. The van der Waals surface area contributed by atoms with Crippen molar-refractivity contribution in [3.8, 4) is 5.88 Å². The van der Waals surface area contributed by atoms with Crippen LogP contribution in [0.25, 0.3) is 0 Å². The zero-order valence-corrected chi connectivity index (χ0v) is 22.5. The molecule has 40 heavy (non-hydrogen) atoms. The number of pyridine rings is 1. The van der Waals surface area contributed by atoms with E-state index in [0.29, 0.717) is 31.3 Å². The van der Waals surface area contributed by atoms with Gasteiger partial charge in [0.15, 0.2) is 0 Å². The van der Waals surface area contributed by atoms with Crippen LogP contribution in [-0.2, 0) is 16.6 Å². The molecule has 8 nitrogen and oxygen atoms in total. The molecule has 2 unspecified atom stereocenters. The molecule has 2 atom stereocenters. The number of rotatable bonds is 6. The van der Waals surface area contributed by atoms with Gasteiger partial charge in [0.1, 0.15) is 0 Å². The van der Waals surface area contributed by atoms with Crippen LogP contribution in [0.5, 0.6) is 5.88 Å². The summed E-state index contributed by atoms with van der Waals surface area (Å²) in [7, 11) is 1.56. The van der Waals surface area contributed by atoms with E-state index in [4.69, 9.17) is 4.74 Å². The molecule has 2 aromatic rings. The predicted molar refractivity (Wildman–Crippen MR) is 141 cm³/mol. The van der Waals surface area contributed by atoms with E-state index in [2.05, 4.69) is 15.2 Å². The Morgan fingerprint density at radius 1 is 1.10 bits per heavy atom. The first kappa shape index (κ1) is 28.4. The van der Waals surface area contributed by atoms with Gasteiger partial charge in [-0.05, 0) is 75.8 Å². The van der Waals surface area contributed by atoms with E-state index in [-0.39, 0.29) is 30.1 Å². The molecule has 2 N–H and O–H groups in total. The summed E-state index contributed by atoms with van der Waals surface area (Å²) in [6.07, 6.45) is 2.73. The summed E-state index contributed by atoms with van der Waals surface area (Å²) in [6.45, 7) is 1.27. The number of halogens is 3. The highest BCUT2D eigenvalue weighted by atomic mass is 19.4. The molecule has 3 heterocycles. The Morgan fingerprint density at radius 3 is 2.55 bits per heavy atom. The number of hydrogen-bond acceptors (Lipinski definition) is 6. The number of alkyl halides is 3. The highest BCUT2D eigenvalue weighted by Crippen LogP contribution is 2.42. The maximum atomic E-state index is 13.1. The summed E-state index contributed by atoms with van der Waals surface area (Å²) in [5, 5.41) is 13.8. The van der Waals surface area contributed by atoms with Gasteiger partial charge < -0.3 is 20.1 Å². The molecule has 1 aromatic heterocycles. The van der Waals surface area contributed by atoms with Crippen molar-refractivity contribution in [3.63, 3.8) is 0 Å². The van der Waals surface area contributed by atoms with Gasteiger partial charge in [-0.15, -0.1) is 0 Å². The zero-order valence-electron chi connectivity index (χ0n) is 22.5. The Balaban J connectivity index is 1.16. The number of ether oxygens (including phenoxy) is 1. The second kappa shape index (κ2) is 11.4. The number of carbonyl (C=O) groups excluding carboxylic acids is 2. The Labute approximate surface area is 231 Å². The third-order valence-corrected chi connectivity index (χ3v) is 8.76. The first-order valence-corrected chi connectivity index (χ1v) is 13.8. The molecule has 3 aliphatic rings. The zero-order chi connectivity index (χ0) is 28.5. The van der Waals surface area contributed by atoms with E-state index in [1.807, 2.05) is 11.0 Å². The number of methoxy groups -OCH3 is 1. The molecule has 2 amide bonds. The number of aromatic nitrogens is 1. The first-order valence-electron chi connectivity index (χ1n) is 13.8. The summed E-state index contributed by atoms with van der Waals surface area (Å²) in [4.78, 5) is 34.2. The van der Waals surface area contributed by atoms with Crippen LogP contribution in [0, 0.1) is 0 Å². The third kappa shape index (κ3) is 5.81. The van der Waals surface area contributed by atoms with Gasteiger partial charge in [-0.3, -0.25) is 14.5 Å². The number of carbonyl (C=O) groups is 2. The Morgan fingerprint density at radius 2 is 1.88 bits per heavy atom. The van der Waals surface area contributed by atoms with Gasteiger partial charge in [0, 0.05) is 48.1 Å². The number of hydrogen-bond donors (Lipinski definition) is 2. The molecule has 1 aromatic carbocycles. The van der Waals surface area contributed by atoms with Gasteiger partial charge in [-0.1, -0.05) is 6.07 Å². The first-order chi connectivity index (χ1) is 19.1. The molecule has 2 aliphatic heterocycles. The fourth-order valence-corrected chi connectivity index (χ4v) is 6.66. The largest absolute Gasteiger partial charge is 0.481 e. The standard InChI is InChI=1S/C29H35F3N4O4/c1-40-25-8-7-21(17-33-25)28(39)12-9-22(10-13-28)35-14-3-6-23-24(35)11-15-36(23)26(37)18-34-27(38)19-4-2-5-20(16-19)29(30,31)32/h2,4-5,7-8,16-17,22-24,39H,3,6,9-15,18H2,1H3,(H,34,38)/t22-,23?,24?,28+. The van der Waals surface area contributed by atoms with E-state index in [9.17, 15) is 27.9 Å². The van der Waals surface area contributed by atoms with Gasteiger partial charge in [-0.25, -0.2) is 4.98 Å². The van der Waals surface area contributed by atoms with Crippen LogP contribution in [0.2, 0.25) is 0 Å². The SMILES string of the molecule is COc1ccc([C@]2(O)CC[C@@H](N3CCCC4C3CCN4C(=O)CNC(=O)c3cccc(C(F)(F)F)c3)CC2)cn1. The van der Waals surface area contributed by atoms with Gasteiger partial charge in [0.05, 0.1) is 24.8 Å². The molecule has 5 rings (SSSR count). The smallest absolute Gasteiger partial charge is 0.416 e. The highest BCUT2D eigenvalue weighted by Gasteiger charge is 2.46. The minimum absolute atomic E-state index is 0.0401. The Kier molecular flexibility index (Phi) is 8.05. The van der Waals surface area contributed by atoms with Crippen molar-refractivity contribution in [3.05, 3.63) is 59.3 Å². The van der Waals surface area contributed by atoms with Crippen LogP contribution in [0.15, 0.2) is 42.6 Å². The lowest BCUT2D eigenvalue weighted by atomic mass is 9.77. The van der Waals surface area contributed by atoms with Crippen LogP contribution in [0.4, 0.5) is 13.2 Å². The highest BCUT2D eigenvalue weighted by molar-refractivity contribution is 5.96. The lowest BCUT2D eigenvalue weighted by Crippen LogP contribution is -2.56. The van der Waals surface area contributed by atoms with Crippen molar-refractivity contribution in [2.45, 2.75) is 74.8 Å². The average molecular weight is 561 g/mol. The van der Waals surface area contributed by atoms with Gasteiger partial charge in [0.25, 0.3) is 5.91 Å². The molecule has 0 bridgehead atoms. The van der Waals surface area contributed by atoms with Crippen LogP contribution in [-0.4, -0.2) is 76.6 Å². The molecule has 3 fully saturated rings. The second-order valence-electron chi connectivity index (χ2n) is 11.0. The van der Waals surface area contributed by atoms with Crippen molar-refractivity contribution in [2.75, 3.05) is 26.7 Å². The number of piperidine rings is 1. The van der Waals surface area contributed by atoms with Gasteiger partial charge in [-0.2, -0.15) is 13.2 Å². The number of fused-ring (bicyclic) bond motifs is 1. The molecule has 216 valence electrons. The van der Waals surface area contributed by atoms with Crippen molar-refractivity contribution in [1.29, 1.82) is 0 Å². The number of benzene rings is 1. The Bertz CT molecular complexity index is 1210. The summed E-state index contributed by atoms with van der Waals surface area (Å²) >= 11 is 0. The summed E-state index contributed by atoms with van der Waals surface area (Å²) in [5.74, 6) is -0.419. The number of likely N-dealkylation sites (tertiary alicyclic amines) is 2. The maximum absolute atomic E-state index is 13.1. The summed E-state index contributed by atoms with van der Waals surface area (Å²) < 4.78 is 44.1. The molecule has 2 saturated heterocycles. The molecule has 0 radical (unpaired) electrons. The number of amides is 2. The molecular weight excluding hydrogens is 525 g/mol. The van der Waals surface area contributed by atoms with Crippen LogP contribution < -0.4 is 10.1 Å². The average Bonchev–Trinajstić information content (AvgIpc) is 3.40. The van der Waals surface area contributed by atoms with Crippen molar-refractivity contribution in [1.82, 2.24) is 20.1 Å². The third-order valence-electron chi connectivity index (χ3n) is 8.76. The van der Waals surface area contributed by atoms with Gasteiger partial charge >= 0.3 is 6.18 Å². The second-order valence-corrected chi connectivity index (χ2v) is 11.0. The Hall–Kier alpha value is -3.18. The fourth-order valence-electron chi connectivity index (χ4n) is 6.66.